The summed E-state index contributed by atoms with van der Waals surface area (Å²) in [6.45, 7) is 0. The fourth-order valence-corrected chi connectivity index (χ4v) is 1.77. The Morgan fingerprint density at radius 3 is 2.67 bits per heavy atom. The molecule has 0 saturated carbocycles. The van der Waals surface area contributed by atoms with Crippen LogP contribution >= 0.6 is 34.8 Å². The topological polar surface area (TPSA) is 50.2 Å². The Hall–Kier alpha value is -1.36. The molecule has 0 fully saturated rings. The molecule has 2 aromatic rings. The van der Waals surface area contributed by atoms with Gasteiger partial charge in [-0.2, -0.15) is 5.10 Å². The smallest absolute Gasteiger partial charge is 0.151 e. The van der Waals surface area contributed by atoms with Gasteiger partial charge >= 0.3 is 0 Å². The highest BCUT2D eigenvalue weighted by atomic mass is 35.5. The molecule has 1 aromatic heterocycles. The van der Waals surface area contributed by atoms with E-state index in [0.29, 0.717) is 21.0 Å². The molecule has 0 unspecified atom stereocenters. The Kier molecular flexibility index (Phi) is 4.36. The molecule has 0 aliphatic rings. The van der Waals surface area contributed by atoms with Crippen LogP contribution in [0.25, 0.3) is 0 Å². The highest BCUT2D eigenvalue weighted by Gasteiger charge is 1.98. The van der Waals surface area contributed by atoms with E-state index in [0.717, 1.165) is 5.56 Å². The van der Waals surface area contributed by atoms with E-state index in [9.17, 15) is 0 Å². The number of anilines is 1. The highest BCUT2D eigenvalue weighted by Crippen LogP contribution is 2.19. The third kappa shape index (κ3) is 3.57. The van der Waals surface area contributed by atoms with Crippen LogP contribution in [0.3, 0.4) is 0 Å². The lowest BCUT2D eigenvalue weighted by atomic mass is 10.2. The Morgan fingerprint density at radius 2 is 1.94 bits per heavy atom. The van der Waals surface area contributed by atoms with Crippen molar-refractivity contribution in [3.8, 4) is 0 Å². The van der Waals surface area contributed by atoms with E-state index < -0.39 is 0 Å². The van der Waals surface area contributed by atoms with Crippen molar-refractivity contribution in [2.24, 2.45) is 5.10 Å². The van der Waals surface area contributed by atoms with Crippen LogP contribution in [0.2, 0.25) is 15.2 Å². The Bertz CT molecular complexity index is 586. The zero-order chi connectivity index (χ0) is 13.0. The normalized spacial score (nSPS) is 10.8. The van der Waals surface area contributed by atoms with Crippen LogP contribution in [0.15, 0.2) is 35.7 Å². The molecule has 4 nitrogen and oxygen atoms in total. The van der Waals surface area contributed by atoms with Gasteiger partial charge in [0.15, 0.2) is 5.82 Å². The minimum absolute atomic E-state index is 0.340. The molecule has 92 valence electrons. The maximum atomic E-state index is 5.99. The molecular formula is C11H7Cl3N4. The number of aromatic nitrogens is 2. The molecule has 0 bridgehead atoms. The van der Waals surface area contributed by atoms with Crippen molar-refractivity contribution in [3.05, 3.63) is 51.4 Å². The standard InChI is InChI=1S/C11H7Cl3N4/c12-8-2-1-7(9(13)3-8)5-17-18-11-4-10(14)15-6-16-11/h1-6H,(H,15,16,18). The lowest BCUT2D eigenvalue weighted by Gasteiger charge is -2.00. The van der Waals surface area contributed by atoms with Crippen LogP contribution in [0, 0.1) is 0 Å². The van der Waals surface area contributed by atoms with Gasteiger partial charge in [-0.1, -0.05) is 40.9 Å². The quantitative estimate of drug-likeness (QED) is 0.532. The maximum absolute atomic E-state index is 5.99. The molecule has 0 amide bonds. The molecule has 0 saturated heterocycles. The third-order valence-corrected chi connectivity index (χ3v) is 2.75. The Morgan fingerprint density at radius 1 is 1.11 bits per heavy atom. The number of halogens is 3. The summed E-state index contributed by atoms with van der Waals surface area (Å²) in [5.74, 6) is 0.497. The number of hydrogen-bond acceptors (Lipinski definition) is 4. The Balaban J connectivity index is 2.07. The van der Waals surface area contributed by atoms with Crippen molar-refractivity contribution in [3.63, 3.8) is 0 Å². The van der Waals surface area contributed by atoms with Gasteiger partial charge in [-0.25, -0.2) is 9.97 Å². The molecule has 0 spiro atoms. The van der Waals surface area contributed by atoms with Gasteiger partial charge in [0.1, 0.15) is 11.5 Å². The second-order valence-electron chi connectivity index (χ2n) is 3.26. The van der Waals surface area contributed by atoms with E-state index in [1.54, 1.807) is 30.5 Å². The van der Waals surface area contributed by atoms with Crippen LogP contribution in [-0.4, -0.2) is 16.2 Å². The molecule has 2 rings (SSSR count). The predicted octanol–water partition coefficient (Wildman–Crippen LogP) is 3.88. The summed E-state index contributed by atoms with van der Waals surface area (Å²) in [6.07, 6.45) is 2.91. The van der Waals surface area contributed by atoms with E-state index >= 15 is 0 Å². The highest BCUT2D eigenvalue weighted by molar-refractivity contribution is 6.36. The van der Waals surface area contributed by atoms with Crippen molar-refractivity contribution in [2.75, 3.05) is 5.43 Å². The van der Waals surface area contributed by atoms with Crippen molar-refractivity contribution < 1.29 is 0 Å². The van der Waals surface area contributed by atoms with Crippen molar-refractivity contribution >= 4 is 46.8 Å². The molecule has 7 heteroatoms. The fourth-order valence-electron chi connectivity index (χ4n) is 1.17. The van der Waals surface area contributed by atoms with Crippen LogP contribution in [0.5, 0.6) is 0 Å². The van der Waals surface area contributed by atoms with Crippen molar-refractivity contribution in [2.45, 2.75) is 0 Å². The van der Waals surface area contributed by atoms with Crippen LogP contribution in [-0.2, 0) is 0 Å². The number of rotatable bonds is 3. The lowest BCUT2D eigenvalue weighted by Crippen LogP contribution is -1.94. The molecule has 0 aliphatic heterocycles. The SMILES string of the molecule is Clc1ccc(C=NNc2cc(Cl)ncn2)c(Cl)c1. The van der Waals surface area contributed by atoms with Gasteiger partial charge in [0.2, 0.25) is 0 Å². The first-order valence-electron chi connectivity index (χ1n) is 4.87. The second kappa shape index (κ2) is 6.00. The van der Waals surface area contributed by atoms with Gasteiger partial charge in [-0.3, -0.25) is 5.43 Å². The van der Waals surface area contributed by atoms with Crippen molar-refractivity contribution in [1.82, 2.24) is 9.97 Å². The first-order valence-corrected chi connectivity index (χ1v) is 6.00. The number of hydrogen-bond donors (Lipinski definition) is 1. The number of nitrogens with one attached hydrogen (secondary N) is 1. The summed E-state index contributed by atoms with van der Waals surface area (Å²) in [7, 11) is 0. The zero-order valence-corrected chi connectivity index (χ0v) is 11.2. The predicted molar refractivity (Wildman–Crippen MR) is 74.7 cm³/mol. The first kappa shape index (κ1) is 13.1. The summed E-state index contributed by atoms with van der Waals surface area (Å²) >= 11 is 17.5. The number of hydrazone groups is 1. The first-order chi connectivity index (χ1) is 8.65. The van der Waals surface area contributed by atoms with E-state index in [1.165, 1.54) is 6.33 Å². The summed E-state index contributed by atoms with van der Waals surface area (Å²) in [5, 5.41) is 5.43. The van der Waals surface area contributed by atoms with Crippen LogP contribution in [0.1, 0.15) is 5.56 Å². The van der Waals surface area contributed by atoms with Crippen molar-refractivity contribution in [1.29, 1.82) is 0 Å². The van der Waals surface area contributed by atoms with E-state index in [4.69, 9.17) is 34.8 Å². The summed E-state index contributed by atoms with van der Waals surface area (Å²) in [6, 6.07) is 6.70. The summed E-state index contributed by atoms with van der Waals surface area (Å²) in [5.41, 5.74) is 3.46. The van der Waals surface area contributed by atoms with Gasteiger partial charge in [-0.15, -0.1) is 0 Å². The van der Waals surface area contributed by atoms with Gasteiger partial charge < -0.3 is 0 Å². The van der Waals surface area contributed by atoms with Gasteiger partial charge in [0.25, 0.3) is 0 Å². The third-order valence-electron chi connectivity index (χ3n) is 1.98. The zero-order valence-electron chi connectivity index (χ0n) is 8.94. The maximum Gasteiger partial charge on any atom is 0.151 e. The average Bonchev–Trinajstić information content (AvgIpc) is 2.32. The summed E-state index contributed by atoms with van der Waals surface area (Å²) in [4.78, 5) is 7.69. The van der Waals surface area contributed by atoms with E-state index in [2.05, 4.69) is 20.5 Å². The average molecular weight is 302 g/mol. The number of benzene rings is 1. The molecular weight excluding hydrogens is 295 g/mol. The van der Waals surface area contributed by atoms with Gasteiger partial charge in [0, 0.05) is 16.7 Å². The molecule has 1 heterocycles. The number of nitrogens with zero attached hydrogens (tertiary/aromatic N) is 3. The minimum Gasteiger partial charge on any atom is -0.261 e. The second-order valence-corrected chi connectivity index (χ2v) is 4.49. The molecule has 1 aromatic carbocycles. The van der Waals surface area contributed by atoms with Crippen LogP contribution < -0.4 is 5.43 Å². The molecule has 18 heavy (non-hydrogen) atoms. The largest absolute Gasteiger partial charge is 0.261 e. The van der Waals surface area contributed by atoms with E-state index in [-0.39, 0.29) is 0 Å². The summed E-state index contributed by atoms with van der Waals surface area (Å²) < 4.78 is 0. The fraction of sp³-hybridized carbons (Fsp3) is 0. The van der Waals surface area contributed by atoms with E-state index in [1.807, 2.05) is 0 Å². The molecule has 0 aliphatic carbocycles. The lowest BCUT2D eigenvalue weighted by molar-refractivity contribution is 1.14. The Labute approximate surface area is 119 Å². The van der Waals surface area contributed by atoms with Gasteiger partial charge in [0.05, 0.1) is 11.2 Å². The monoisotopic (exact) mass is 300 g/mol. The van der Waals surface area contributed by atoms with Gasteiger partial charge in [-0.05, 0) is 12.1 Å². The van der Waals surface area contributed by atoms with Crippen LogP contribution in [0.4, 0.5) is 5.82 Å². The molecule has 0 radical (unpaired) electrons. The molecule has 0 atom stereocenters. The molecule has 1 N–H and O–H groups in total. The minimum atomic E-state index is 0.340.